The average molecular weight is 1200 g/mol. The Morgan fingerprint density at radius 3 is 1.37 bits per heavy atom. The largest absolute Gasteiger partial charge is 0.646 e. The molecule has 6 aliphatic rings. The average Bonchev–Trinajstić information content (AvgIpc) is 3.30. The van der Waals surface area contributed by atoms with Gasteiger partial charge in [0.2, 0.25) is 9.76 Å². The molecule has 3 aromatic rings. The molecule has 8 bridgehead atoms. The normalized spacial score (nSPS) is 31.7. The van der Waals surface area contributed by atoms with Crippen LogP contribution in [-0.2, 0) is 74.3 Å². The highest BCUT2D eigenvalue weighted by Gasteiger charge is 2.80. The van der Waals surface area contributed by atoms with Crippen molar-refractivity contribution >= 4 is 86.5 Å². The van der Waals surface area contributed by atoms with Crippen molar-refractivity contribution in [3.63, 3.8) is 0 Å². The van der Waals surface area contributed by atoms with Crippen molar-refractivity contribution in [3.05, 3.63) is 78.4 Å². The summed E-state index contributed by atoms with van der Waals surface area (Å²) in [6.07, 6.45) is 9.63. The zero-order valence-electron chi connectivity index (χ0n) is 44.3. The van der Waals surface area contributed by atoms with Crippen LogP contribution in [0, 0.1) is 0 Å². The molecule has 75 heavy (non-hydrogen) atoms. The first-order valence-electron chi connectivity index (χ1n) is 25.9. The molecule has 2 radical (unpaired) electrons. The number of ether oxygens (including phenoxy) is 6. The summed E-state index contributed by atoms with van der Waals surface area (Å²) in [6, 6.07) is 23.9. The molecule has 30 heteroatoms. The number of carbonyl (C=O) groups excluding carboxylic acids is 1. The van der Waals surface area contributed by atoms with E-state index in [1.165, 1.54) is 44.9 Å². The highest BCUT2D eigenvalue weighted by molar-refractivity contribution is 7.02. The number of benzene rings is 3. The molecule has 0 saturated carbocycles. The van der Waals surface area contributed by atoms with E-state index in [0.717, 1.165) is 41.2 Å². The summed E-state index contributed by atoms with van der Waals surface area (Å²) >= 11 is 0. The van der Waals surface area contributed by atoms with Crippen LogP contribution in [-0.4, -0.2) is 139 Å². The molecule has 0 atom stereocenters. The van der Waals surface area contributed by atoms with Crippen molar-refractivity contribution in [2.45, 2.75) is 117 Å². The van der Waals surface area contributed by atoms with E-state index in [0.29, 0.717) is 51.4 Å². The molecule has 3 aromatic carbocycles. The maximum atomic E-state index is 12.7. The Bertz CT molecular complexity index is 2220. The summed E-state index contributed by atoms with van der Waals surface area (Å²) < 4.78 is 120. The van der Waals surface area contributed by atoms with Crippen LogP contribution in [0.2, 0.25) is 51.9 Å². The van der Waals surface area contributed by atoms with Gasteiger partial charge in [-0.1, -0.05) is 88.3 Å². The van der Waals surface area contributed by atoms with E-state index in [4.69, 9.17) is 81.9 Å². The zero-order valence-corrected chi connectivity index (χ0v) is 53.3. The van der Waals surface area contributed by atoms with Gasteiger partial charge in [-0.3, -0.25) is 0 Å². The predicted octanol–water partition coefficient (Wildman–Crippen LogP) is 8.33. The first-order valence-corrected chi connectivity index (χ1v) is 44.2. The molecule has 6 fully saturated rings. The number of alkyl carbamates (subject to hydrolysis) is 1. The molecule has 9 rings (SSSR count). The number of rotatable bonds is 29. The minimum absolute atomic E-state index is 0.0574. The molecule has 0 aliphatic carbocycles. The van der Waals surface area contributed by atoms with Gasteiger partial charge in [-0.25, -0.2) is 4.79 Å². The van der Waals surface area contributed by atoms with Crippen LogP contribution in [0.25, 0.3) is 11.1 Å². The standard InChI is InChI=1S/C45H73NO20Si9/c1-9-10-11-12-13-14-15-16-28-50-43-21-17-19-40(36-43)41-20-18-22-44(37-41)52-34-32-49-30-29-48-31-33-51-42-25-23-39(24-26-42)38-53-45(47)46-27-35-67-54-75-64-72(6)58-69(3)55-68(2)56-70(4,60-72)62-74(8,66-75)63-71(5,57-68)61-73(7,59-69)65-75/h17-26,36-37H,9-16,27-35,38H2,1-8H3,(H,46,47). The lowest BCUT2D eigenvalue weighted by atomic mass is 10.1. The quantitative estimate of drug-likeness (QED) is 0.0512. The monoisotopic (exact) mass is 1200 g/mol. The molecule has 0 spiro atoms. The van der Waals surface area contributed by atoms with Crippen LogP contribution in [0.3, 0.4) is 0 Å². The second-order valence-corrected chi connectivity index (χ2v) is 43.7. The van der Waals surface area contributed by atoms with Gasteiger partial charge < -0.3 is 87.2 Å². The molecule has 6 aliphatic heterocycles. The summed E-state index contributed by atoms with van der Waals surface area (Å²) in [4.78, 5) is 12.7. The highest BCUT2D eigenvalue weighted by atomic mass is 28.6. The zero-order chi connectivity index (χ0) is 53.1. The van der Waals surface area contributed by atoms with Gasteiger partial charge in [0.25, 0.3) is 0 Å². The second-order valence-electron chi connectivity index (χ2n) is 19.2. The Morgan fingerprint density at radius 1 is 0.480 bits per heavy atom. The molecule has 414 valence electrons. The molecular weight excluding hydrogens is 1130 g/mol. The SMILES string of the molecule is CCCCCCCCCCOc1cccc(-c2cccc(OCCOCCOCCOc3ccc(COC(=O)NCC[Si]O[Si]45O[Si]6(C)O[Si]7(C)O[Si]8(C)O[Si](C)(O6)O[Si](C)(O[Si](C)(O8)O[Si](C)(O7)O4)O5)cc3)c2)c1. The van der Waals surface area contributed by atoms with E-state index in [2.05, 4.69) is 30.4 Å². The summed E-state index contributed by atoms with van der Waals surface area (Å²) in [7, 11) is -30.5. The van der Waals surface area contributed by atoms with E-state index in [1.807, 2.05) is 54.6 Å². The van der Waals surface area contributed by atoms with Gasteiger partial charge in [0.15, 0.2) is 0 Å². The van der Waals surface area contributed by atoms with Crippen molar-refractivity contribution in [1.29, 1.82) is 0 Å². The third-order valence-electron chi connectivity index (χ3n) is 11.9. The predicted molar refractivity (Wildman–Crippen MR) is 289 cm³/mol. The molecular formula is C45H73NO20Si9. The first kappa shape index (κ1) is 58.8. The Balaban J connectivity index is 0.674. The number of nitrogens with one attached hydrogen (secondary N) is 1. The fourth-order valence-corrected chi connectivity index (χ4v) is 54.9. The van der Waals surface area contributed by atoms with Gasteiger partial charge in [0.1, 0.15) is 37.1 Å². The maximum Gasteiger partial charge on any atom is 0.646 e. The molecule has 1 N–H and O–H groups in total. The van der Waals surface area contributed by atoms with E-state index in [1.54, 1.807) is 45.8 Å². The lowest BCUT2D eigenvalue weighted by molar-refractivity contribution is -0.0363. The van der Waals surface area contributed by atoms with Gasteiger partial charge in [-0.05, 0) is 65.6 Å². The highest BCUT2D eigenvalue weighted by Crippen LogP contribution is 2.48. The van der Waals surface area contributed by atoms with Crippen LogP contribution in [0.4, 0.5) is 4.79 Å². The third kappa shape index (κ3) is 17.3. The Kier molecular flexibility index (Phi) is 20.3. The molecule has 6 saturated heterocycles. The minimum Gasteiger partial charge on any atom is -0.494 e. The molecule has 1 amide bonds. The smallest absolute Gasteiger partial charge is 0.494 e. The number of hydrogen-bond acceptors (Lipinski definition) is 20. The number of amides is 1. The van der Waals surface area contributed by atoms with E-state index in [9.17, 15) is 4.79 Å². The lowest BCUT2D eigenvalue weighted by Crippen LogP contribution is -2.86. The maximum absolute atomic E-state index is 12.7. The third-order valence-corrected chi connectivity index (χ3v) is 48.1. The van der Waals surface area contributed by atoms with Crippen molar-refractivity contribution in [3.8, 4) is 28.4 Å². The van der Waals surface area contributed by atoms with Crippen LogP contribution < -0.4 is 19.5 Å². The number of hydrogen-bond donors (Lipinski definition) is 1. The van der Waals surface area contributed by atoms with Crippen molar-refractivity contribution in [2.75, 3.05) is 52.8 Å². The van der Waals surface area contributed by atoms with Crippen LogP contribution >= 0.6 is 0 Å². The minimum atomic E-state index is -4.29. The van der Waals surface area contributed by atoms with Crippen LogP contribution in [0.15, 0.2) is 72.8 Å². The summed E-state index contributed by atoms with van der Waals surface area (Å²) in [5, 5.41) is 2.75. The van der Waals surface area contributed by atoms with Crippen LogP contribution in [0.1, 0.15) is 63.9 Å². The topological polar surface area (TPSA) is 204 Å². The van der Waals surface area contributed by atoms with Gasteiger partial charge in [-0.2, -0.15) is 0 Å². The Morgan fingerprint density at radius 2 is 0.893 bits per heavy atom. The van der Waals surface area contributed by atoms with Crippen molar-refractivity contribution in [2.24, 2.45) is 0 Å². The van der Waals surface area contributed by atoms with E-state index in [-0.39, 0.29) is 22.9 Å². The molecule has 0 unspecified atom stereocenters. The summed E-state index contributed by atoms with van der Waals surface area (Å²) in [5.74, 6) is 2.34. The lowest BCUT2D eigenvalue weighted by Gasteiger charge is -2.60. The second kappa shape index (κ2) is 25.9. The molecule has 6 heterocycles. The summed E-state index contributed by atoms with van der Waals surface area (Å²) in [5.41, 5.74) is 2.94. The van der Waals surface area contributed by atoms with E-state index < -0.39 is 76.8 Å². The molecule has 0 aromatic heterocycles. The van der Waals surface area contributed by atoms with Gasteiger partial charge in [-0.15, -0.1) is 0 Å². The summed E-state index contributed by atoms with van der Waals surface area (Å²) in [6.45, 7) is 17.6. The molecule has 21 nitrogen and oxygen atoms in total. The Hall–Kier alpha value is -2.32. The van der Waals surface area contributed by atoms with Gasteiger partial charge in [0.05, 0.1) is 33.0 Å². The fourth-order valence-electron chi connectivity index (χ4n) is 9.23. The number of carbonyl (C=O) groups is 1. The van der Waals surface area contributed by atoms with Gasteiger partial charge >= 0.3 is 76.8 Å². The van der Waals surface area contributed by atoms with Crippen molar-refractivity contribution < 1.29 is 86.7 Å². The number of unbranched alkanes of at least 4 members (excludes halogenated alkanes) is 7. The van der Waals surface area contributed by atoms with Crippen LogP contribution in [0.5, 0.6) is 17.2 Å². The Labute approximate surface area is 452 Å². The van der Waals surface area contributed by atoms with Gasteiger partial charge in [0, 0.05) is 52.4 Å². The van der Waals surface area contributed by atoms with E-state index >= 15 is 0 Å². The fraction of sp³-hybridized carbons (Fsp3) is 0.578. The van der Waals surface area contributed by atoms with Crippen molar-refractivity contribution in [1.82, 2.24) is 5.32 Å². The first-order chi connectivity index (χ1) is 35.8.